The number of nitro groups is 1. The number of nitro benzene ring substituents is 1. The SMILES string of the molecule is O=[N+]([O-])c1ccccc1S(=O)(=O)N1CCN(Cc2nnnn2-c2cccc(F)c2)CC1. The van der Waals surface area contributed by atoms with Gasteiger partial charge in [-0.1, -0.05) is 18.2 Å². The number of sulfonamides is 1. The number of piperazine rings is 1. The van der Waals surface area contributed by atoms with Gasteiger partial charge < -0.3 is 0 Å². The molecule has 31 heavy (non-hydrogen) atoms. The minimum absolute atomic E-state index is 0.163. The van der Waals surface area contributed by atoms with E-state index in [4.69, 9.17) is 0 Å². The first kappa shape index (κ1) is 21.0. The third-order valence-corrected chi connectivity index (χ3v) is 6.91. The van der Waals surface area contributed by atoms with Gasteiger partial charge in [-0.05, 0) is 34.7 Å². The van der Waals surface area contributed by atoms with E-state index in [1.807, 2.05) is 4.90 Å². The molecule has 1 aliphatic heterocycles. The molecule has 13 heteroatoms. The lowest BCUT2D eigenvalue weighted by Gasteiger charge is -2.33. The number of aromatic nitrogens is 4. The van der Waals surface area contributed by atoms with Crippen LogP contribution in [0.25, 0.3) is 5.69 Å². The fourth-order valence-electron chi connectivity index (χ4n) is 3.41. The molecule has 1 saturated heterocycles. The average Bonchev–Trinajstić information content (AvgIpc) is 3.22. The van der Waals surface area contributed by atoms with Crippen LogP contribution in [0.4, 0.5) is 10.1 Å². The maximum Gasteiger partial charge on any atom is 0.289 e. The summed E-state index contributed by atoms with van der Waals surface area (Å²) in [5.74, 6) is 0.0772. The van der Waals surface area contributed by atoms with Gasteiger partial charge in [0.2, 0.25) is 10.0 Å². The molecule has 0 amide bonds. The van der Waals surface area contributed by atoms with Crippen molar-refractivity contribution < 1.29 is 17.7 Å². The molecule has 162 valence electrons. The molecule has 11 nitrogen and oxygen atoms in total. The summed E-state index contributed by atoms with van der Waals surface area (Å²) < 4.78 is 42.1. The number of benzene rings is 2. The van der Waals surface area contributed by atoms with Gasteiger partial charge in [-0.2, -0.15) is 8.99 Å². The van der Waals surface area contributed by atoms with Crippen molar-refractivity contribution in [3.8, 4) is 5.69 Å². The Morgan fingerprint density at radius 3 is 2.52 bits per heavy atom. The van der Waals surface area contributed by atoms with Crippen LogP contribution in [-0.4, -0.2) is 68.9 Å². The van der Waals surface area contributed by atoms with Crippen molar-refractivity contribution in [1.82, 2.24) is 29.4 Å². The molecule has 0 atom stereocenters. The number of tetrazole rings is 1. The van der Waals surface area contributed by atoms with Gasteiger partial charge in [-0.25, -0.2) is 12.8 Å². The molecule has 1 aliphatic rings. The van der Waals surface area contributed by atoms with Crippen LogP contribution in [0.15, 0.2) is 53.4 Å². The molecule has 3 aromatic rings. The first-order chi connectivity index (χ1) is 14.9. The van der Waals surface area contributed by atoms with Crippen molar-refractivity contribution in [2.45, 2.75) is 11.4 Å². The third kappa shape index (κ3) is 4.28. The van der Waals surface area contributed by atoms with E-state index >= 15 is 0 Å². The van der Waals surface area contributed by atoms with Gasteiger partial charge in [0.1, 0.15) is 5.82 Å². The second-order valence-corrected chi connectivity index (χ2v) is 8.80. The first-order valence-electron chi connectivity index (χ1n) is 9.35. The average molecular weight is 447 g/mol. The van der Waals surface area contributed by atoms with Gasteiger partial charge in [0, 0.05) is 32.2 Å². The molecule has 1 fully saturated rings. The number of hydrogen-bond acceptors (Lipinski definition) is 8. The first-order valence-corrected chi connectivity index (χ1v) is 10.8. The number of rotatable bonds is 6. The summed E-state index contributed by atoms with van der Waals surface area (Å²) in [5.41, 5.74) is 0.0387. The predicted molar refractivity (Wildman–Crippen MR) is 106 cm³/mol. The van der Waals surface area contributed by atoms with Gasteiger partial charge in [0.15, 0.2) is 10.7 Å². The summed E-state index contributed by atoms with van der Waals surface area (Å²) >= 11 is 0. The largest absolute Gasteiger partial charge is 0.293 e. The van der Waals surface area contributed by atoms with Gasteiger partial charge >= 0.3 is 0 Å². The second kappa shape index (κ2) is 8.45. The van der Waals surface area contributed by atoms with Crippen LogP contribution >= 0.6 is 0 Å². The van der Waals surface area contributed by atoms with E-state index in [0.717, 1.165) is 0 Å². The molecule has 0 radical (unpaired) electrons. The maximum atomic E-state index is 13.5. The van der Waals surface area contributed by atoms with Crippen LogP contribution in [0.5, 0.6) is 0 Å². The van der Waals surface area contributed by atoms with Crippen LogP contribution in [0.3, 0.4) is 0 Å². The van der Waals surface area contributed by atoms with E-state index in [0.29, 0.717) is 31.1 Å². The van der Waals surface area contributed by atoms with E-state index in [1.54, 1.807) is 12.1 Å². The number of nitrogens with zero attached hydrogens (tertiary/aromatic N) is 7. The molecule has 0 unspecified atom stereocenters. The van der Waals surface area contributed by atoms with E-state index in [9.17, 15) is 22.9 Å². The molecule has 0 N–H and O–H groups in total. The Morgan fingerprint density at radius 1 is 1.06 bits per heavy atom. The Hall–Kier alpha value is -3.29. The van der Waals surface area contributed by atoms with Gasteiger partial charge in [0.25, 0.3) is 5.69 Å². The monoisotopic (exact) mass is 447 g/mol. The quantitative estimate of drug-likeness (QED) is 0.408. The van der Waals surface area contributed by atoms with Gasteiger partial charge in [-0.15, -0.1) is 5.10 Å². The summed E-state index contributed by atoms with van der Waals surface area (Å²) in [6.45, 7) is 1.43. The Bertz CT molecular complexity index is 1210. The van der Waals surface area contributed by atoms with Gasteiger partial charge in [-0.3, -0.25) is 15.0 Å². The lowest BCUT2D eigenvalue weighted by atomic mass is 10.3. The van der Waals surface area contributed by atoms with Crippen molar-refractivity contribution >= 4 is 15.7 Å². The van der Waals surface area contributed by atoms with E-state index in [2.05, 4.69) is 15.5 Å². The zero-order valence-corrected chi connectivity index (χ0v) is 17.0. The van der Waals surface area contributed by atoms with Crippen molar-refractivity contribution in [3.63, 3.8) is 0 Å². The number of hydrogen-bond donors (Lipinski definition) is 0. The standard InChI is InChI=1S/C18H18FN7O4S/c19-14-4-3-5-15(12-14)25-18(20-21-22-25)13-23-8-10-24(11-9-23)31(29,30)17-7-2-1-6-16(17)26(27)28/h1-7,12H,8-11,13H2. The molecule has 0 aliphatic carbocycles. The Labute approximate surface area is 176 Å². The van der Waals surface area contributed by atoms with Crippen molar-refractivity contribution in [1.29, 1.82) is 0 Å². The molecule has 2 aromatic carbocycles. The highest BCUT2D eigenvalue weighted by Crippen LogP contribution is 2.27. The molecule has 0 spiro atoms. The minimum atomic E-state index is -4.00. The molecule has 0 saturated carbocycles. The van der Waals surface area contributed by atoms with E-state index < -0.39 is 26.5 Å². The molecular formula is C18H18FN7O4S. The molecule has 0 bridgehead atoms. The summed E-state index contributed by atoms with van der Waals surface area (Å²) in [7, 11) is -4.00. The van der Waals surface area contributed by atoms with Crippen LogP contribution < -0.4 is 0 Å². The normalized spacial score (nSPS) is 15.8. The molecule has 1 aromatic heterocycles. The lowest BCUT2D eigenvalue weighted by Crippen LogP contribution is -2.48. The summed E-state index contributed by atoms with van der Waals surface area (Å²) in [5, 5.41) is 22.8. The highest BCUT2D eigenvalue weighted by atomic mass is 32.2. The second-order valence-electron chi connectivity index (χ2n) is 6.89. The van der Waals surface area contributed by atoms with Crippen LogP contribution in [0.2, 0.25) is 0 Å². The van der Waals surface area contributed by atoms with E-state index in [1.165, 1.54) is 45.4 Å². The Balaban J connectivity index is 1.46. The lowest BCUT2D eigenvalue weighted by molar-refractivity contribution is -0.387. The summed E-state index contributed by atoms with van der Waals surface area (Å²) in [6.07, 6.45) is 0. The minimum Gasteiger partial charge on any atom is -0.293 e. The molecule has 4 rings (SSSR count). The maximum absolute atomic E-state index is 13.5. The van der Waals surface area contributed by atoms with Crippen molar-refractivity contribution in [2.75, 3.05) is 26.2 Å². The number of halogens is 1. The molecule has 2 heterocycles. The number of para-hydroxylation sites is 1. The van der Waals surface area contributed by atoms with Crippen LogP contribution in [0.1, 0.15) is 5.82 Å². The van der Waals surface area contributed by atoms with E-state index in [-0.39, 0.29) is 18.0 Å². The van der Waals surface area contributed by atoms with Crippen molar-refractivity contribution in [2.24, 2.45) is 0 Å². The third-order valence-electron chi connectivity index (χ3n) is 4.96. The van der Waals surface area contributed by atoms with Gasteiger partial charge in [0.05, 0.1) is 17.2 Å². The van der Waals surface area contributed by atoms with Crippen LogP contribution in [0, 0.1) is 15.9 Å². The summed E-state index contributed by atoms with van der Waals surface area (Å²) in [4.78, 5) is 12.2. The zero-order valence-electron chi connectivity index (χ0n) is 16.2. The Kier molecular flexibility index (Phi) is 5.71. The topological polar surface area (TPSA) is 127 Å². The Morgan fingerprint density at radius 2 is 1.81 bits per heavy atom. The van der Waals surface area contributed by atoms with Crippen molar-refractivity contribution in [3.05, 3.63) is 70.3 Å². The molecular weight excluding hydrogens is 429 g/mol. The predicted octanol–water partition coefficient (Wildman–Crippen LogP) is 1.22. The van der Waals surface area contributed by atoms with Crippen LogP contribution in [-0.2, 0) is 16.6 Å². The fraction of sp³-hybridized carbons (Fsp3) is 0.278. The summed E-state index contributed by atoms with van der Waals surface area (Å²) in [6, 6.07) is 11.2. The smallest absolute Gasteiger partial charge is 0.289 e. The fourth-order valence-corrected chi connectivity index (χ4v) is 4.99. The highest BCUT2D eigenvalue weighted by molar-refractivity contribution is 7.89. The highest BCUT2D eigenvalue weighted by Gasteiger charge is 2.33. The zero-order chi connectivity index (χ0) is 22.0.